The van der Waals surface area contributed by atoms with Crippen LogP contribution < -0.4 is 16.2 Å². The number of hydrogen-bond acceptors (Lipinski definition) is 6. The van der Waals surface area contributed by atoms with Gasteiger partial charge in [-0.05, 0) is 38.1 Å². The van der Waals surface area contributed by atoms with E-state index in [0.717, 1.165) is 17.3 Å². The van der Waals surface area contributed by atoms with Crippen molar-refractivity contribution >= 4 is 46.6 Å². The van der Waals surface area contributed by atoms with Crippen LogP contribution >= 0.6 is 23.4 Å². The second-order valence-corrected chi connectivity index (χ2v) is 8.72. The summed E-state index contributed by atoms with van der Waals surface area (Å²) in [5.74, 6) is -0.469. The number of halogens is 1. The van der Waals surface area contributed by atoms with Crippen LogP contribution in [-0.4, -0.2) is 32.2 Å². The summed E-state index contributed by atoms with van der Waals surface area (Å²) in [6.07, 6.45) is 0.305. The van der Waals surface area contributed by atoms with Gasteiger partial charge in [0.1, 0.15) is 0 Å². The van der Waals surface area contributed by atoms with Gasteiger partial charge in [0.05, 0.1) is 21.6 Å². The van der Waals surface area contributed by atoms with Crippen LogP contribution in [0.3, 0.4) is 0 Å². The van der Waals surface area contributed by atoms with E-state index in [1.165, 1.54) is 0 Å². The van der Waals surface area contributed by atoms with Crippen LogP contribution in [-0.2, 0) is 9.59 Å². The van der Waals surface area contributed by atoms with Crippen molar-refractivity contribution in [3.05, 3.63) is 63.4 Å². The van der Waals surface area contributed by atoms with Gasteiger partial charge in [0.25, 0.3) is 5.56 Å². The van der Waals surface area contributed by atoms with E-state index in [4.69, 9.17) is 11.6 Å². The number of para-hydroxylation sites is 1. The van der Waals surface area contributed by atoms with Gasteiger partial charge in [-0.15, -0.1) is 10.2 Å². The van der Waals surface area contributed by atoms with Crippen molar-refractivity contribution in [2.45, 2.75) is 37.6 Å². The summed E-state index contributed by atoms with van der Waals surface area (Å²) in [6, 6.07) is 12.2. The Morgan fingerprint density at radius 1 is 1.12 bits per heavy atom. The third-order valence-corrected chi connectivity index (χ3v) is 5.80. The largest absolute Gasteiger partial charge is 0.325 e. The van der Waals surface area contributed by atoms with Crippen molar-refractivity contribution in [1.29, 1.82) is 0 Å². The molecule has 0 unspecified atom stereocenters. The van der Waals surface area contributed by atoms with E-state index in [-0.39, 0.29) is 22.7 Å². The number of aromatic amines is 1. The molecule has 2 amide bonds. The summed E-state index contributed by atoms with van der Waals surface area (Å²) in [7, 11) is 0. The SMILES string of the molecule is CCC(=O)Nc1ccc(C)cc1-c1nnc(S[C@@H](C)C(=O)Nc2ccccc2Cl)[nH]c1=O. The van der Waals surface area contributed by atoms with Crippen molar-refractivity contribution in [1.82, 2.24) is 15.2 Å². The second-order valence-electron chi connectivity index (χ2n) is 6.99. The lowest BCUT2D eigenvalue weighted by Gasteiger charge is -2.13. The number of anilines is 2. The molecule has 8 nitrogen and oxygen atoms in total. The van der Waals surface area contributed by atoms with Gasteiger partial charge >= 0.3 is 0 Å². The van der Waals surface area contributed by atoms with Crippen LogP contribution in [0, 0.1) is 6.92 Å². The van der Waals surface area contributed by atoms with Crippen molar-refractivity contribution in [2.75, 3.05) is 10.6 Å². The number of aromatic nitrogens is 3. The second kappa shape index (κ2) is 10.4. The molecule has 3 N–H and O–H groups in total. The molecular formula is C22H22ClN5O3S. The molecule has 0 bridgehead atoms. The molecule has 32 heavy (non-hydrogen) atoms. The molecule has 0 aliphatic heterocycles. The number of aryl methyl sites for hydroxylation is 1. The van der Waals surface area contributed by atoms with Crippen LogP contribution in [0.15, 0.2) is 52.4 Å². The van der Waals surface area contributed by atoms with Gasteiger partial charge < -0.3 is 10.6 Å². The summed E-state index contributed by atoms with van der Waals surface area (Å²) in [6.45, 7) is 5.30. The lowest BCUT2D eigenvalue weighted by molar-refractivity contribution is -0.116. The third kappa shape index (κ3) is 5.74. The van der Waals surface area contributed by atoms with Gasteiger partial charge in [-0.25, -0.2) is 0 Å². The van der Waals surface area contributed by atoms with Crippen LogP contribution in [0.4, 0.5) is 11.4 Å². The zero-order valence-corrected chi connectivity index (χ0v) is 19.3. The van der Waals surface area contributed by atoms with E-state index in [0.29, 0.717) is 28.4 Å². The zero-order chi connectivity index (χ0) is 23.3. The number of thioether (sulfide) groups is 1. The average molecular weight is 472 g/mol. The first-order valence-corrected chi connectivity index (χ1v) is 11.1. The monoisotopic (exact) mass is 471 g/mol. The fraction of sp³-hybridized carbons (Fsp3) is 0.227. The molecule has 3 aromatic rings. The predicted octanol–water partition coefficient (Wildman–Crippen LogP) is 4.26. The smallest absolute Gasteiger partial charge is 0.278 e. The van der Waals surface area contributed by atoms with Crippen LogP contribution in [0.25, 0.3) is 11.3 Å². The molecule has 2 aromatic carbocycles. The Kier molecular flexibility index (Phi) is 7.66. The number of H-pyrrole nitrogens is 1. The van der Waals surface area contributed by atoms with Gasteiger partial charge in [-0.3, -0.25) is 19.4 Å². The summed E-state index contributed by atoms with van der Waals surface area (Å²) >= 11 is 7.14. The lowest BCUT2D eigenvalue weighted by atomic mass is 10.1. The molecule has 0 aliphatic rings. The highest BCUT2D eigenvalue weighted by Gasteiger charge is 2.19. The lowest BCUT2D eigenvalue weighted by Crippen LogP contribution is -2.24. The number of carbonyl (C=O) groups is 2. The van der Waals surface area contributed by atoms with Crippen LogP contribution in [0.1, 0.15) is 25.8 Å². The number of rotatable bonds is 7. The third-order valence-electron chi connectivity index (χ3n) is 4.49. The Morgan fingerprint density at radius 3 is 2.56 bits per heavy atom. The maximum Gasteiger partial charge on any atom is 0.278 e. The number of benzene rings is 2. The van der Waals surface area contributed by atoms with Gasteiger partial charge in [0, 0.05) is 12.0 Å². The maximum atomic E-state index is 12.7. The molecule has 0 aliphatic carbocycles. The van der Waals surface area contributed by atoms with Gasteiger partial charge in [-0.1, -0.05) is 54.0 Å². The molecule has 1 heterocycles. The zero-order valence-electron chi connectivity index (χ0n) is 17.7. The minimum atomic E-state index is -0.569. The molecule has 0 saturated carbocycles. The molecule has 1 atom stereocenters. The minimum absolute atomic E-state index is 0.0811. The molecule has 0 fully saturated rings. The topological polar surface area (TPSA) is 117 Å². The minimum Gasteiger partial charge on any atom is -0.325 e. The fourth-order valence-electron chi connectivity index (χ4n) is 2.77. The van der Waals surface area contributed by atoms with E-state index in [2.05, 4.69) is 25.8 Å². The Hall–Kier alpha value is -3.17. The Bertz CT molecular complexity index is 1210. The predicted molar refractivity (Wildman–Crippen MR) is 127 cm³/mol. The summed E-state index contributed by atoms with van der Waals surface area (Å²) in [5.41, 5.74) is 1.97. The highest BCUT2D eigenvalue weighted by atomic mass is 35.5. The van der Waals surface area contributed by atoms with Crippen molar-refractivity contribution in [3.8, 4) is 11.3 Å². The first-order chi connectivity index (χ1) is 15.3. The van der Waals surface area contributed by atoms with Crippen molar-refractivity contribution < 1.29 is 9.59 Å². The van der Waals surface area contributed by atoms with Crippen molar-refractivity contribution in [2.24, 2.45) is 0 Å². The van der Waals surface area contributed by atoms with E-state index in [9.17, 15) is 14.4 Å². The van der Waals surface area contributed by atoms with E-state index in [1.807, 2.05) is 13.0 Å². The van der Waals surface area contributed by atoms with Gasteiger partial charge in [0.15, 0.2) is 10.9 Å². The van der Waals surface area contributed by atoms with Crippen molar-refractivity contribution in [3.63, 3.8) is 0 Å². The first kappa shape index (κ1) is 23.5. The van der Waals surface area contributed by atoms with Crippen LogP contribution in [0.2, 0.25) is 5.02 Å². The molecule has 0 spiro atoms. The number of nitrogens with zero attached hydrogens (tertiary/aromatic N) is 2. The Labute approximate surface area is 194 Å². The fourth-order valence-corrected chi connectivity index (χ4v) is 3.69. The highest BCUT2D eigenvalue weighted by Crippen LogP contribution is 2.27. The number of carbonyl (C=O) groups excluding carboxylic acids is 2. The molecular weight excluding hydrogens is 450 g/mol. The average Bonchev–Trinajstić information content (AvgIpc) is 2.76. The summed E-state index contributed by atoms with van der Waals surface area (Å²) < 4.78 is 0. The molecule has 0 radical (unpaired) electrons. The van der Waals surface area contributed by atoms with Crippen LogP contribution in [0.5, 0.6) is 0 Å². The number of amides is 2. The standard InChI is InChI=1S/C22H22ClN5O3S/c1-4-18(29)24-16-10-9-12(2)11-14(16)19-21(31)26-22(28-27-19)32-13(3)20(30)25-17-8-6-5-7-15(17)23/h5-11,13H,4H2,1-3H3,(H,24,29)(H,25,30)(H,26,28,31)/t13-/m0/s1. The first-order valence-electron chi connectivity index (χ1n) is 9.88. The quantitative estimate of drug-likeness (QED) is 0.443. The normalized spacial score (nSPS) is 11.6. The molecule has 0 saturated heterocycles. The Morgan fingerprint density at radius 2 is 1.88 bits per heavy atom. The number of nitrogens with one attached hydrogen (secondary N) is 3. The summed E-state index contributed by atoms with van der Waals surface area (Å²) in [5, 5.41) is 13.7. The molecule has 1 aromatic heterocycles. The van der Waals surface area contributed by atoms with E-state index >= 15 is 0 Å². The highest BCUT2D eigenvalue weighted by molar-refractivity contribution is 8.00. The molecule has 166 valence electrons. The number of hydrogen-bond donors (Lipinski definition) is 3. The van der Waals surface area contributed by atoms with Gasteiger partial charge in [-0.2, -0.15) is 0 Å². The Balaban J connectivity index is 1.79. The van der Waals surface area contributed by atoms with E-state index < -0.39 is 10.8 Å². The molecule has 3 rings (SSSR count). The molecule has 10 heteroatoms. The van der Waals surface area contributed by atoms with Gasteiger partial charge in [0.2, 0.25) is 11.8 Å². The maximum absolute atomic E-state index is 12.7. The summed E-state index contributed by atoms with van der Waals surface area (Å²) in [4.78, 5) is 39.7. The van der Waals surface area contributed by atoms with E-state index in [1.54, 1.807) is 50.2 Å².